The maximum Gasteiger partial charge on any atom is 0.306 e. The lowest BCUT2D eigenvalue weighted by molar-refractivity contribution is -0.141. The number of rotatable bonds is 4. The summed E-state index contributed by atoms with van der Waals surface area (Å²) in [6, 6.07) is 5.01. The van der Waals surface area contributed by atoms with Gasteiger partial charge in [0.2, 0.25) is 10.0 Å². The SMILES string of the molecule is Cc1cc(N2CCCS2(=O)=O)ccc1C(=O)N1CCOC(CC(=O)O)C1. The van der Waals surface area contributed by atoms with Crippen molar-refractivity contribution in [1.82, 2.24) is 4.90 Å². The first-order valence-electron chi connectivity index (χ1n) is 8.51. The molecule has 1 N–H and O–H groups in total. The molecule has 2 aliphatic rings. The Bertz CT molecular complexity index is 823. The van der Waals surface area contributed by atoms with Crippen LogP contribution in [0.15, 0.2) is 18.2 Å². The number of hydrogen-bond donors (Lipinski definition) is 1. The molecule has 1 atom stereocenters. The monoisotopic (exact) mass is 382 g/mol. The maximum absolute atomic E-state index is 12.8. The largest absolute Gasteiger partial charge is 0.481 e. The summed E-state index contributed by atoms with van der Waals surface area (Å²) in [7, 11) is -3.26. The van der Waals surface area contributed by atoms with Crippen molar-refractivity contribution in [3.63, 3.8) is 0 Å². The molecule has 2 aliphatic heterocycles. The van der Waals surface area contributed by atoms with Crippen LogP contribution in [-0.4, -0.2) is 68.4 Å². The van der Waals surface area contributed by atoms with Gasteiger partial charge in [0.25, 0.3) is 5.91 Å². The van der Waals surface area contributed by atoms with Crippen LogP contribution < -0.4 is 4.31 Å². The second kappa shape index (κ2) is 7.24. The summed E-state index contributed by atoms with van der Waals surface area (Å²) in [4.78, 5) is 25.2. The Balaban J connectivity index is 1.77. The number of benzene rings is 1. The molecule has 0 spiro atoms. The lowest BCUT2D eigenvalue weighted by atomic mass is 10.1. The van der Waals surface area contributed by atoms with Gasteiger partial charge in [-0.05, 0) is 37.1 Å². The standard InChI is InChI=1S/C17H22N2O6S/c1-12-9-13(19-5-2-8-26(19,23)24)3-4-15(12)17(22)18-6-7-25-14(11-18)10-16(20)21/h3-4,9,14H,2,5-8,10-11H2,1H3,(H,20,21). The number of aryl methyl sites for hydroxylation is 1. The van der Waals surface area contributed by atoms with Crippen LogP contribution in [-0.2, 0) is 19.6 Å². The van der Waals surface area contributed by atoms with Gasteiger partial charge in [-0.25, -0.2) is 8.42 Å². The summed E-state index contributed by atoms with van der Waals surface area (Å²) >= 11 is 0. The van der Waals surface area contributed by atoms with E-state index in [0.717, 1.165) is 0 Å². The van der Waals surface area contributed by atoms with Crippen LogP contribution in [0.3, 0.4) is 0 Å². The number of anilines is 1. The number of aliphatic carboxylic acids is 1. The summed E-state index contributed by atoms with van der Waals surface area (Å²) in [5, 5.41) is 8.89. The van der Waals surface area contributed by atoms with Crippen molar-refractivity contribution in [1.29, 1.82) is 0 Å². The van der Waals surface area contributed by atoms with Crippen molar-refractivity contribution >= 4 is 27.6 Å². The minimum atomic E-state index is -3.26. The molecule has 0 saturated carbocycles. The van der Waals surface area contributed by atoms with E-state index in [4.69, 9.17) is 9.84 Å². The van der Waals surface area contributed by atoms with E-state index >= 15 is 0 Å². The molecule has 1 aromatic rings. The van der Waals surface area contributed by atoms with Gasteiger partial charge in [0.1, 0.15) is 0 Å². The zero-order valence-corrected chi connectivity index (χ0v) is 15.4. The van der Waals surface area contributed by atoms with E-state index in [1.165, 1.54) is 4.31 Å². The van der Waals surface area contributed by atoms with E-state index < -0.39 is 22.1 Å². The number of carboxylic acid groups (broad SMARTS) is 1. The highest BCUT2D eigenvalue weighted by Crippen LogP contribution is 2.27. The van der Waals surface area contributed by atoms with Gasteiger partial charge in [0.15, 0.2) is 0 Å². The Kier molecular flexibility index (Phi) is 5.19. The van der Waals surface area contributed by atoms with Crippen LogP contribution in [0.25, 0.3) is 0 Å². The molecule has 0 aromatic heterocycles. The summed E-state index contributed by atoms with van der Waals surface area (Å²) in [5.74, 6) is -1.01. The Morgan fingerprint density at radius 3 is 2.69 bits per heavy atom. The number of ether oxygens (including phenoxy) is 1. The molecular weight excluding hydrogens is 360 g/mol. The van der Waals surface area contributed by atoms with Crippen molar-refractivity contribution in [2.45, 2.75) is 25.9 Å². The molecule has 0 radical (unpaired) electrons. The Hall–Kier alpha value is -2.13. The summed E-state index contributed by atoms with van der Waals surface area (Å²) in [6.45, 7) is 3.15. The molecule has 142 valence electrons. The zero-order chi connectivity index (χ0) is 18.9. The fraction of sp³-hybridized carbons (Fsp3) is 0.529. The van der Waals surface area contributed by atoms with Crippen molar-refractivity contribution < 1.29 is 27.9 Å². The Morgan fingerprint density at radius 2 is 2.08 bits per heavy atom. The number of carbonyl (C=O) groups excluding carboxylic acids is 1. The van der Waals surface area contributed by atoms with Gasteiger partial charge in [-0.3, -0.25) is 13.9 Å². The van der Waals surface area contributed by atoms with E-state index in [1.54, 1.807) is 30.0 Å². The van der Waals surface area contributed by atoms with E-state index in [-0.39, 0.29) is 24.6 Å². The minimum absolute atomic E-state index is 0.144. The van der Waals surface area contributed by atoms with Gasteiger partial charge in [-0.1, -0.05) is 0 Å². The highest BCUT2D eigenvalue weighted by Gasteiger charge is 2.30. The molecule has 3 rings (SSSR count). The first-order chi connectivity index (χ1) is 12.3. The number of carboxylic acids is 1. The van der Waals surface area contributed by atoms with Crippen LogP contribution in [0, 0.1) is 6.92 Å². The van der Waals surface area contributed by atoms with Gasteiger partial charge in [0.05, 0.1) is 30.6 Å². The van der Waals surface area contributed by atoms with Crippen molar-refractivity contribution in [3.05, 3.63) is 29.3 Å². The van der Waals surface area contributed by atoms with E-state index in [9.17, 15) is 18.0 Å². The van der Waals surface area contributed by atoms with Crippen LogP contribution >= 0.6 is 0 Å². The summed E-state index contributed by atoms with van der Waals surface area (Å²) in [6.07, 6.45) is -0.0606. The molecule has 1 amide bonds. The molecule has 26 heavy (non-hydrogen) atoms. The third-order valence-electron chi connectivity index (χ3n) is 4.66. The van der Waals surface area contributed by atoms with Gasteiger partial charge >= 0.3 is 5.97 Å². The van der Waals surface area contributed by atoms with E-state index in [0.29, 0.717) is 42.9 Å². The van der Waals surface area contributed by atoms with E-state index in [2.05, 4.69) is 0 Å². The van der Waals surface area contributed by atoms with Crippen LogP contribution in [0.5, 0.6) is 0 Å². The molecule has 0 aliphatic carbocycles. The van der Waals surface area contributed by atoms with Crippen molar-refractivity contribution in [2.75, 3.05) is 36.3 Å². The number of carbonyl (C=O) groups is 2. The van der Waals surface area contributed by atoms with E-state index in [1.807, 2.05) is 0 Å². The third kappa shape index (κ3) is 3.83. The zero-order valence-electron chi connectivity index (χ0n) is 14.6. The predicted molar refractivity (Wildman–Crippen MR) is 94.8 cm³/mol. The Labute approximate surface area is 152 Å². The number of sulfonamides is 1. The number of amides is 1. The normalized spacial score (nSPS) is 22.4. The fourth-order valence-corrected chi connectivity index (χ4v) is 4.92. The van der Waals surface area contributed by atoms with Crippen LogP contribution in [0.2, 0.25) is 0 Å². The molecular formula is C17H22N2O6S. The van der Waals surface area contributed by atoms with Gasteiger partial charge in [-0.2, -0.15) is 0 Å². The maximum atomic E-state index is 12.8. The molecule has 1 aromatic carbocycles. The van der Waals surface area contributed by atoms with Gasteiger partial charge in [0, 0.05) is 25.2 Å². The van der Waals surface area contributed by atoms with Crippen LogP contribution in [0.4, 0.5) is 5.69 Å². The van der Waals surface area contributed by atoms with Crippen molar-refractivity contribution in [3.8, 4) is 0 Å². The third-order valence-corrected chi connectivity index (χ3v) is 6.53. The lowest BCUT2D eigenvalue weighted by Gasteiger charge is -2.32. The first kappa shape index (κ1) is 18.7. The molecule has 9 heteroatoms. The molecule has 8 nitrogen and oxygen atoms in total. The molecule has 0 bridgehead atoms. The smallest absolute Gasteiger partial charge is 0.306 e. The lowest BCUT2D eigenvalue weighted by Crippen LogP contribution is -2.46. The predicted octanol–water partition coefficient (Wildman–Crippen LogP) is 0.851. The molecule has 2 saturated heterocycles. The highest BCUT2D eigenvalue weighted by atomic mass is 32.2. The summed E-state index contributed by atoms with van der Waals surface area (Å²) in [5.41, 5.74) is 1.75. The second-order valence-electron chi connectivity index (χ2n) is 6.58. The second-order valence-corrected chi connectivity index (χ2v) is 8.60. The first-order valence-corrected chi connectivity index (χ1v) is 10.1. The minimum Gasteiger partial charge on any atom is -0.481 e. The average molecular weight is 382 g/mol. The van der Waals surface area contributed by atoms with Gasteiger partial charge < -0.3 is 14.7 Å². The molecule has 2 heterocycles. The molecule has 2 fully saturated rings. The number of nitrogens with zero attached hydrogens (tertiary/aromatic N) is 2. The Morgan fingerprint density at radius 1 is 1.31 bits per heavy atom. The summed E-state index contributed by atoms with van der Waals surface area (Å²) < 4.78 is 30.9. The number of hydrogen-bond acceptors (Lipinski definition) is 5. The number of morpholine rings is 1. The quantitative estimate of drug-likeness (QED) is 0.828. The van der Waals surface area contributed by atoms with Crippen LogP contribution in [0.1, 0.15) is 28.8 Å². The van der Waals surface area contributed by atoms with Gasteiger partial charge in [-0.15, -0.1) is 0 Å². The fourth-order valence-electron chi connectivity index (χ4n) is 3.36. The molecule has 1 unspecified atom stereocenters. The van der Waals surface area contributed by atoms with Crippen molar-refractivity contribution in [2.24, 2.45) is 0 Å². The topological polar surface area (TPSA) is 104 Å². The average Bonchev–Trinajstić information content (AvgIpc) is 2.93. The highest BCUT2D eigenvalue weighted by molar-refractivity contribution is 7.93.